The number of hydrogen-bond acceptors (Lipinski definition) is 7. The van der Waals surface area contributed by atoms with Gasteiger partial charge < -0.3 is 14.0 Å². The molecule has 326 valence electrons. The highest BCUT2D eigenvalue weighted by atomic mass is 35.5. The maximum Gasteiger partial charge on any atom is 0.461 e. The molecule has 0 N–H and O–H groups in total. The number of esters is 2. The van der Waals surface area contributed by atoms with Gasteiger partial charge in [0.2, 0.25) is 0 Å². The zero-order valence-electron chi connectivity index (χ0n) is 35.5. The summed E-state index contributed by atoms with van der Waals surface area (Å²) in [6.45, 7) is 4.43. The Kier molecular flexibility index (Phi) is 35.7. The van der Waals surface area contributed by atoms with Gasteiger partial charge >= 0.3 is 19.7 Å². The van der Waals surface area contributed by atoms with Crippen LogP contribution in [0.1, 0.15) is 194 Å². The molecule has 56 heavy (non-hydrogen) atoms. The third-order valence-corrected chi connectivity index (χ3v) is 12.5. The molecule has 2 atom stereocenters. The Morgan fingerprint density at radius 1 is 0.571 bits per heavy atom. The SMILES string of the molecule is CCCCCCCCCCCCCCCC(=O)OC[C@H](CO[P@@](=O)(Oc1ccccc1)N(CCCl)CCCl)OC(=O)CCCCCCCCCCCCCCC. The molecule has 0 saturated heterocycles. The van der Waals surface area contributed by atoms with Gasteiger partial charge in [0.15, 0.2) is 6.10 Å². The number of nitrogens with zero attached hydrogens (tertiary/aromatic N) is 1. The molecule has 0 aliphatic carbocycles. The molecule has 8 nitrogen and oxygen atoms in total. The van der Waals surface area contributed by atoms with E-state index >= 15 is 0 Å². The second-order valence-electron chi connectivity index (χ2n) is 15.3. The second-order valence-corrected chi connectivity index (χ2v) is 18.0. The predicted molar refractivity (Wildman–Crippen MR) is 235 cm³/mol. The van der Waals surface area contributed by atoms with Crippen LogP contribution in [0.25, 0.3) is 0 Å². The Hall–Kier alpha value is -1.31. The third-order valence-electron chi connectivity index (χ3n) is 10.1. The summed E-state index contributed by atoms with van der Waals surface area (Å²) in [5.74, 6) is -0.0372. The van der Waals surface area contributed by atoms with Crippen LogP contribution in [0, 0.1) is 0 Å². The molecule has 0 amide bonds. The number of halogens is 2. The monoisotopic (exact) mass is 848 g/mol. The molecule has 0 aliphatic heterocycles. The van der Waals surface area contributed by atoms with Gasteiger partial charge in [-0.05, 0) is 25.0 Å². The van der Waals surface area contributed by atoms with Crippen molar-refractivity contribution >= 4 is 42.9 Å². The average molecular weight is 849 g/mol. The Bertz CT molecular complexity index is 1090. The lowest BCUT2D eigenvalue weighted by Crippen LogP contribution is -2.33. The van der Waals surface area contributed by atoms with Crippen molar-refractivity contribution in [3.8, 4) is 5.75 Å². The van der Waals surface area contributed by atoms with Crippen LogP contribution in [-0.4, -0.2) is 60.8 Å². The summed E-state index contributed by atoms with van der Waals surface area (Å²) in [7, 11) is -3.99. The van der Waals surface area contributed by atoms with E-state index < -0.39 is 19.8 Å². The molecule has 0 unspecified atom stereocenters. The Morgan fingerprint density at radius 3 is 1.38 bits per heavy atom. The summed E-state index contributed by atoms with van der Waals surface area (Å²) >= 11 is 12.1. The van der Waals surface area contributed by atoms with E-state index in [1.54, 1.807) is 24.3 Å². The Labute approximate surface area is 352 Å². The minimum Gasteiger partial charge on any atom is -0.462 e. The van der Waals surface area contributed by atoms with Crippen LogP contribution in [0.3, 0.4) is 0 Å². The number of ether oxygens (including phenoxy) is 2. The van der Waals surface area contributed by atoms with Gasteiger partial charge in [0, 0.05) is 37.7 Å². The van der Waals surface area contributed by atoms with Gasteiger partial charge in [0.05, 0.1) is 6.61 Å². The molecular weight excluding hydrogens is 768 g/mol. The number of unbranched alkanes of at least 4 members (excludes halogenated alkanes) is 24. The van der Waals surface area contributed by atoms with Crippen molar-refractivity contribution in [2.24, 2.45) is 0 Å². The van der Waals surface area contributed by atoms with Crippen molar-refractivity contribution in [3.05, 3.63) is 30.3 Å². The summed E-state index contributed by atoms with van der Waals surface area (Å²) in [4.78, 5) is 25.7. The maximum atomic E-state index is 14.3. The van der Waals surface area contributed by atoms with Crippen molar-refractivity contribution in [2.75, 3.05) is 38.1 Å². The van der Waals surface area contributed by atoms with Crippen molar-refractivity contribution in [2.45, 2.75) is 200 Å². The first kappa shape index (κ1) is 52.7. The Morgan fingerprint density at radius 2 is 0.964 bits per heavy atom. The highest BCUT2D eigenvalue weighted by Crippen LogP contribution is 2.52. The fraction of sp³-hybridized carbons (Fsp3) is 0.822. The van der Waals surface area contributed by atoms with Crippen LogP contribution in [0.4, 0.5) is 0 Å². The molecule has 0 radical (unpaired) electrons. The first-order valence-electron chi connectivity index (χ1n) is 22.6. The third kappa shape index (κ3) is 29.8. The number of benzene rings is 1. The summed E-state index contributed by atoms with van der Waals surface area (Å²) in [5, 5.41) is 0. The molecule has 0 bridgehead atoms. The zero-order valence-corrected chi connectivity index (χ0v) is 37.9. The fourth-order valence-electron chi connectivity index (χ4n) is 6.70. The highest BCUT2D eigenvalue weighted by molar-refractivity contribution is 7.51. The Balaban J connectivity index is 2.60. The first-order chi connectivity index (χ1) is 27.4. The molecule has 0 spiro atoms. The van der Waals surface area contributed by atoms with E-state index in [4.69, 9.17) is 41.7 Å². The topological polar surface area (TPSA) is 91.4 Å². The van der Waals surface area contributed by atoms with Crippen molar-refractivity contribution in [1.29, 1.82) is 0 Å². The van der Waals surface area contributed by atoms with Crippen LogP contribution in [-0.2, 0) is 28.2 Å². The lowest BCUT2D eigenvalue weighted by Gasteiger charge is -2.30. The van der Waals surface area contributed by atoms with Gasteiger partial charge in [-0.25, -0.2) is 4.57 Å². The van der Waals surface area contributed by atoms with E-state index in [9.17, 15) is 14.2 Å². The lowest BCUT2D eigenvalue weighted by atomic mass is 10.0. The van der Waals surface area contributed by atoms with Crippen molar-refractivity contribution in [1.82, 2.24) is 4.67 Å². The molecule has 0 heterocycles. The maximum absolute atomic E-state index is 14.3. The van der Waals surface area contributed by atoms with Gasteiger partial charge in [-0.2, -0.15) is 4.67 Å². The van der Waals surface area contributed by atoms with Gasteiger partial charge in [0.25, 0.3) is 0 Å². The van der Waals surface area contributed by atoms with E-state index in [-0.39, 0.29) is 50.5 Å². The van der Waals surface area contributed by atoms with Crippen LogP contribution >= 0.6 is 30.9 Å². The number of rotatable bonds is 41. The van der Waals surface area contributed by atoms with Gasteiger partial charge in [-0.15, -0.1) is 23.2 Å². The van der Waals surface area contributed by atoms with Crippen LogP contribution in [0.2, 0.25) is 0 Å². The van der Waals surface area contributed by atoms with Crippen molar-refractivity contribution in [3.63, 3.8) is 0 Å². The summed E-state index contributed by atoms with van der Waals surface area (Å²) in [6.07, 6.45) is 31.4. The largest absolute Gasteiger partial charge is 0.462 e. The molecule has 0 fully saturated rings. The average Bonchev–Trinajstić information content (AvgIpc) is 3.19. The number of hydrogen-bond donors (Lipinski definition) is 0. The van der Waals surface area contributed by atoms with E-state index in [0.717, 1.165) is 38.5 Å². The standard InChI is InChI=1S/C45H80Cl2NO7P/c1-3-5-7-9-11-13-15-17-19-21-23-25-30-34-44(49)52-40-43(54-45(50)35-31-26-24-22-20-18-16-14-12-10-8-6-4-2)41-53-56(51,48(38-36-46)39-37-47)55-42-32-28-27-29-33-42/h27-29,32-33,43H,3-26,30-31,34-41H2,1-2H3/t43-,56-/m1/s1. The van der Waals surface area contributed by atoms with Gasteiger partial charge in [0.1, 0.15) is 12.4 Å². The smallest absolute Gasteiger partial charge is 0.461 e. The summed E-state index contributed by atoms with van der Waals surface area (Å²) in [6, 6.07) is 8.73. The van der Waals surface area contributed by atoms with Crippen molar-refractivity contribution < 1.29 is 32.7 Å². The summed E-state index contributed by atoms with van der Waals surface area (Å²) in [5.41, 5.74) is 0. The number of carbonyl (C=O) groups is 2. The minimum atomic E-state index is -3.99. The van der Waals surface area contributed by atoms with E-state index in [1.165, 1.54) is 133 Å². The molecule has 0 aliphatic rings. The van der Waals surface area contributed by atoms with Gasteiger partial charge in [-0.1, -0.05) is 186 Å². The van der Waals surface area contributed by atoms with Crippen LogP contribution in [0.5, 0.6) is 5.75 Å². The van der Waals surface area contributed by atoms with E-state index in [0.29, 0.717) is 12.2 Å². The van der Waals surface area contributed by atoms with Crippen LogP contribution in [0.15, 0.2) is 30.3 Å². The minimum absolute atomic E-state index is 0.177. The highest BCUT2D eigenvalue weighted by Gasteiger charge is 2.36. The number of para-hydroxylation sites is 1. The molecule has 0 saturated carbocycles. The van der Waals surface area contributed by atoms with E-state index in [2.05, 4.69) is 13.8 Å². The first-order valence-corrected chi connectivity index (χ1v) is 25.2. The summed E-state index contributed by atoms with van der Waals surface area (Å²) < 4.78 is 39.0. The predicted octanol–water partition coefficient (Wildman–Crippen LogP) is 14.4. The molecular formula is C45H80Cl2NO7P. The second kappa shape index (κ2) is 37.9. The van der Waals surface area contributed by atoms with Gasteiger partial charge in [-0.3, -0.25) is 14.1 Å². The molecule has 11 heteroatoms. The van der Waals surface area contributed by atoms with E-state index in [1.807, 2.05) is 6.07 Å². The quantitative estimate of drug-likeness (QED) is 0.0278. The normalized spacial score (nSPS) is 13.1. The number of carbonyl (C=O) groups excluding carboxylic acids is 2. The lowest BCUT2D eigenvalue weighted by molar-refractivity contribution is -0.161. The van der Waals surface area contributed by atoms with Crippen LogP contribution < -0.4 is 4.52 Å². The molecule has 0 aromatic heterocycles. The zero-order chi connectivity index (χ0) is 40.8. The fourth-order valence-corrected chi connectivity index (χ4v) is 9.11. The molecule has 1 aromatic carbocycles. The number of alkyl halides is 2. The molecule has 1 aromatic rings. The molecule has 1 rings (SSSR count).